The van der Waals surface area contributed by atoms with Gasteiger partial charge in [0.15, 0.2) is 0 Å². The molecule has 1 aromatic carbocycles. The van der Waals surface area contributed by atoms with Crippen molar-refractivity contribution in [3.05, 3.63) is 40.2 Å². The molecule has 0 bridgehead atoms. The van der Waals surface area contributed by atoms with E-state index < -0.39 is 0 Å². The highest BCUT2D eigenvalue weighted by Crippen LogP contribution is 2.19. The molecule has 1 aliphatic heterocycles. The summed E-state index contributed by atoms with van der Waals surface area (Å²) in [6.45, 7) is 4.84. The number of amides is 1. The van der Waals surface area contributed by atoms with Gasteiger partial charge in [-0.15, -0.1) is 0 Å². The molecule has 1 aromatic heterocycles. The summed E-state index contributed by atoms with van der Waals surface area (Å²) >= 11 is 0. The monoisotopic (exact) mass is 401 g/mol. The lowest BCUT2D eigenvalue weighted by Crippen LogP contribution is -2.50. The van der Waals surface area contributed by atoms with E-state index in [1.165, 1.54) is 0 Å². The van der Waals surface area contributed by atoms with Crippen molar-refractivity contribution in [1.29, 1.82) is 0 Å². The smallest absolute Gasteiger partial charge is 0.320 e. The zero-order chi connectivity index (χ0) is 20.8. The number of aromatic nitrogens is 1. The second kappa shape index (κ2) is 9.56. The van der Waals surface area contributed by atoms with Crippen LogP contribution in [0.5, 0.6) is 5.75 Å². The Hall–Kier alpha value is -2.87. The lowest BCUT2D eigenvalue weighted by molar-refractivity contribution is -0.145. The quantitative estimate of drug-likeness (QED) is 0.701. The molecule has 29 heavy (non-hydrogen) atoms. The van der Waals surface area contributed by atoms with Gasteiger partial charge in [0.1, 0.15) is 5.75 Å². The average Bonchev–Trinajstić information content (AvgIpc) is 2.72. The molecule has 0 aliphatic carbocycles. The fraction of sp³-hybridized carbons (Fsp3) is 0.476. The molecule has 8 heteroatoms. The van der Waals surface area contributed by atoms with E-state index in [2.05, 4.69) is 4.98 Å². The van der Waals surface area contributed by atoms with Crippen LogP contribution < -0.4 is 10.3 Å². The number of ether oxygens (including phenoxy) is 2. The number of carbonyl (C=O) groups excluding carboxylic acids is 2. The summed E-state index contributed by atoms with van der Waals surface area (Å²) < 4.78 is 10.2. The van der Waals surface area contributed by atoms with Crippen molar-refractivity contribution < 1.29 is 19.1 Å². The van der Waals surface area contributed by atoms with Crippen LogP contribution in [0.3, 0.4) is 0 Å². The molecule has 0 atom stereocenters. The highest BCUT2D eigenvalue weighted by molar-refractivity contribution is 5.81. The Morgan fingerprint density at radius 1 is 1.14 bits per heavy atom. The summed E-state index contributed by atoms with van der Waals surface area (Å²) in [6, 6.07) is 7.28. The molecule has 8 nitrogen and oxygen atoms in total. The van der Waals surface area contributed by atoms with Crippen molar-refractivity contribution in [2.45, 2.75) is 19.8 Å². The largest absolute Gasteiger partial charge is 0.497 e. The van der Waals surface area contributed by atoms with Gasteiger partial charge in [0, 0.05) is 49.1 Å². The van der Waals surface area contributed by atoms with E-state index in [1.807, 2.05) is 17.0 Å². The third kappa shape index (κ3) is 5.35. The number of nitrogens with zero attached hydrogens (tertiary/aromatic N) is 2. The molecule has 156 valence electrons. The van der Waals surface area contributed by atoms with Gasteiger partial charge in [0.25, 0.3) is 5.56 Å². The Kier molecular flexibility index (Phi) is 6.87. The number of aromatic amines is 1. The minimum atomic E-state index is -0.237. The Bertz CT molecular complexity index is 932. The molecular formula is C21H27N3O5. The summed E-state index contributed by atoms with van der Waals surface area (Å²) in [5, 5.41) is 0.874. The molecule has 0 radical (unpaired) electrons. The highest BCUT2D eigenvalue weighted by Gasteiger charge is 2.22. The van der Waals surface area contributed by atoms with Crippen molar-refractivity contribution in [3.63, 3.8) is 0 Å². The number of benzene rings is 1. The molecule has 1 aliphatic rings. The van der Waals surface area contributed by atoms with Crippen LogP contribution in [-0.4, -0.2) is 73.1 Å². The van der Waals surface area contributed by atoms with E-state index in [0.29, 0.717) is 50.5 Å². The van der Waals surface area contributed by atoms with Crippen molar-refractivity contribution >= 4 is 22.8 Å². The van der Waals surface area contributed by atoms with E-state index in [-0.39, 0.29) is 30.4 Å². The van der Waals surface area contributed by atoms with Crippen molar-refractivity contribution in [2.75, 3.05) is 46.4 Å². The second-order valence-electron chi connectivity index (χ2n) is 7.04. The summed E-state index contributed by atoms with van der Waals surface area (Å²) in [4.78, 5) is 43.1. The summed E-state index contributed by atoms with van der Waals surface area (Å²) in [6.07, 6.45) is 0.654. The zero-order valence-electron chi connectivity index (χ0n) is 16.9. The van der Waals surface area contributed by atoms with Gasteiger partial charge >= 0.3 is 5.97 Å². The van der Waals surface area contributed by atoms with Crippen molar-refractivity contribution in [2.24, 2.45) is 0 Å². The number of carbonyl (C=O) groups is 2. The number of hydrogen-bond donors (Lipinski definition) is 1. The maximum Gasteiger partial charge on any atom is 0.320 e. The predicted octanol–water partition coefficient (Wildman–Crippen LogP) is 1.18. The lowest BCUT2D eigenvalue weighted by Gasteiger charge is -2.34. The van der Waals surface area contributed by atoms with Gasteiger partial charge in [-0.2, -0.15) is 0 Å². The summed E-state index contributed by atoms with van der Waals surface area (Å²) in [7, 11) is 1.60. The van der Waals surface area contributed by atoms with E-state index >= 15 is 0 Å². The number of nitrogens with one attached hydrogen (secondary N) is 1. The number of aryl methyl sites for hydroxylation is 1. The highest BCUT2D eigenvalue weighted by atomic mass is 16.5. The van der Waals surface area contributed by atoms with Crippen LogP contribution in [0.4, 0.5) is 0 Å². The Morgan fingerprint density at radius 2 is 1.90 bits per heavy atom. The number of piperazine rings is 1. The molecule has 2 heterocycles. The molecule has 3 rings (SSSR count). The summed E-state index contributed by atoms with van der Waals surface area (Å²) in [5.74, 6) is 0.498. The number of H-pyrrole nitrogens is 1. The maximum absolute atomic E-state index is 12.6. The van der Waals surface area contributed by atoms with Crippen LogP contribution in [0.25, 0.3) is 10.9 Å². The van der Waals surface area contributed by atoms with Crippen LogP contribution in [-0.2, 0) is 20.7 Å². The normalized spacial score (nSPS) is 14.8. The van der Waals surface area contributed by atoms with Gasteiger partial charge in [0.2, 0.25) is 5.91 Å². The molecule has 1 fully saturated rings. The molecule has 1 N–H and O–H groups in total. The summed E-state index contributed by atoms with van der Waals surface area (Å²) in [5.41, 5.74) is 1.15. The number of pyridine rings is 1. The molecule has 0 saturated carbocycles. The topological polar surface area (TPSA) is 91.9 Å². The van der Waals surface area contributed by atoms with Crippen LogP contribution in [0.1, 0.15) is 18.9 Å². The number of methoxy groups -OCH3 is 1. The van der Waals surface area contributed by atoms with Crippen LogP contribution >= 0.6 is 0 Å². The Labute approximate surface area is 169 Å². The minimum absolute atomic E-state index is 0.0194. The first-order chi connectivity index (χ1) is 14.0. The van der Waals surface area contributed by atoms with Crippen molar-refractivity contribution in [3.8, 4) is 5.75 Å². The Balaban J connectivity index is 1.55. The minimum Gasteiger partial charge on any atom is -0.497 e. The van der Waals surface area contributed by atoms with Gasteiger partial charge in [0.05, 0.1) is 20.3 Å². The molecule has 2 aromatic rings. The number of hydrogen-bond acceptors (Lipinski definition) is 6. The van der Waals surface area contributed by atoms with E-state index in [4.69, 9.17) is 9.47 Å². The molecule has 1 saturated heterocycles. The van der Waals surface area contributed by atoms with E-state index in [0.717, 1.165) is 10.9 Å². The number of esters is 1. The first-order valence-electron chi connectivity index (χ1n) is 9.86. The predicted molar refractivity (Wildman–Crippen MR) is 109 cm³/mol. The number of fused-ring (bicyclic) bond motifs is 1. The first kappa shape index (κ1) is 20.9. The zero-order valence-corrected chi connectivity index (χ0v) is 16.9. The third-order valence-electron chi connectivity index (χ3n) is 5.12. The second-order valence-corrected chi connectivity index (χ2v) is 7.04. The maximum atomic E-state index is 12.6. The SMILES string of the molecule is CCOC(=O)CN1CCN(C(=O)CCc2cc3cc(OC)ccc3[nH]c2=O)CC1. The fourth-order valence-corrected chi connectivity index (χ4v) is 3.49. The van der Waals surface area contributed by atoms with Crippen molar-refractivity contribution in [1.82, 2.24) is 14.8 Å². The first-order valence-corrected chi connectivity index (χ1v) is 9.86. The Morgan fingerprint density at radius 3 is 2.59 bits per heavy atom. The van der Waals surface area contributed by atoms with Gasteiger partial charge in [-0.3, -0.25) is 19.3 Å². The van der Waals surface area contributed by atoms with E-state index in [1.54, 1.807) is 31.1 Å². The van der Waals surface area contributed by atoms with Gasteiger partial charge in [-0.1, -0.05) is 0 Å². The van der Waals surface area contributed by atoms with Gasteiger partial charge in [-0.25, -0.2) is 0 Å². The number of rotatable bonds is 7. The van der Waals surface area contributed by atoms with Gasteiger partial charge in [-0.05, 0) is 37.6 Å². The average molecular weight is 401 g/mol. The van der Waals surface area contributed by atoms with Crippen LogP contribution in [0.15, 0.2) is 29.1 Å². The lowest BCUT2D eigenvalue weighted by atomic mass is 10.1. The van der Waals surface area contributed by atoms with Crippen LogP contribution in [0.2, 0.25) is 0 Å². The molecule has 0 spiro atoms. The molecular weight excluding hydrogens is 374 g/mol. The molecule has 0 unspecified atom stereocenters. The fourth-order valence-electron chi connectivity index (χ4n) is 3.49. The third-order valence-corrected chi connectivity index (χ3v) is 5.12. The standard InChI is InChI=1S/C21H27N3O5/c1-3-29-20(26)14-23-8-10-24(11-9-23)19(25)7-4-15-12-16-13-17(28-2)5-6-18(16)22-21(15)27/h5-6,12-13H,3-4,7-11,14H2,1-2H3,(H,22,27). The van der Waals surface area contributed by atoms with Crippen LogP contribution in [0, 0.1) is 0 Å². The molecule has 1 amide bonds. The van der Waals surface area contributed by atoms with E-state index in [9.17, 15) is 14.4 Å². The van der Waals surface area contributed by atoms with Gasteiger partial charge < -0.3 is 19.4 Å².